The van der Waals surface area contributed by atoms with Gasteiger partial charge >= 0.3 is 0 Å². The van der Waals surface area contributed by atoms with Gasteiger partial charge in [-0.15, -0.1) is 0 Å². The number of benzene rings is 1. The normalized spacial score (nSPS) is 24.1. The van der Waals surface area contributed by atoms with Crippen LogP contribution in [0.4, 0.5) is 5.69 Å². The van der Waals surface area contributed by atoms with Crippen molar-refractivity contribution in [1.82, 2.24) is 0 Å². The molecule has 100 valence electrons. The second kappa shape index (κ2) is 4.30. The quantitative estimate of drug-likeness (QED) is 0.736. The van der Waals surface area contributed by atoms with Crippen LogP contribution in [0, 0.1) is 0 Å². The second-order valence-corrected chi connectivity index (χ2v) is 5.95. The predicted octanol–water partition coefficient (Wildman–Crippen LogP) is 2.66. The minimum atomic E-state index is -0.766. The van der Waals surface area contributed by atoms with Crippen molar-refractivity contribution in [2.24, 2.45) is 4.99 Å². The fraction of sp³-hybridized carbons (Fsp3) is 0.500. The summed E-state index contributed by atoms with van der Waals surface area (Å²) in [5, 5.41) is 0. The Balaban J connectivity index is 1.93. The summed E-state index contributed by atoms with van der Waals surface area (Å²) < 4.78 is 13.2. The van der Waals surface area contributed by atoms with Gasteiger partial charge in [0.15, 0.2) is 5.84 Å². The number of amidine groups is 1. The van der Waals surface area contributed by atoms with Gasteiger partial charge in [0.1, 0.15) is 0 Å². The van der Waals surface area contributed by atoms with Crippen molar-refractivity contribution in [2.45, 2.75) is 18.6 Å². The van der Waals surface area contributed by atoms with Gasteiger partial charge in [-0.3, -0.25) is 4.99 Å². The summed E-state index contributed by atoms with van der Waals surface area (Å²) in [5.74, 6) is 0.171. The molecule has 1 saturated heterocycles. The standard InChI is InChI=1S/C14H15BrN2O2/c15-10-3-4-12-11(9-10)14(18-7-2-8-19-14)13-16-5-1-6-17(12)13/h3-4,9H,1-2,5-8H2. The molecule has 0 radical (unpaired) electrons. The molecule has 0 saturated carbocycles. The monoisotopic (exact) mass is 322 g/mol. The molecule has 4 rings (SSSR count). The van der Waals surface area contributed by atoms with E-state index >= 15 is 0 Å². The Bertz CT molecular complexity index is 552. The van der Waals surface area contributed by atoms with Crippen molar-refractivity contribution in [1.29, 1.82) is 0 Å². The van der Waals surface area contributed by atoms with E-state index < -0.39 is 5.79 Å². The molecule has 1 spiro atoms. The van der Waals surface area contributed by atoms with Crippen molar-refractivity contribution in [3.05, 3.63) is 28.2 Å². The largest absolute Gasteiger partial charge is 0.340 e. The van der Waals surface area contributed by atoms with E-state index in [9.17, 15) is 0 Å². The Hall–Kier alpha value is -0.910. The molecule has 0 unspecified atom stereocenters. The summed E-state index contributed by atoms with van der Waals surface area (Å²) in [4.78, 5) is 6.94. The van der Waals surface area contributed by atoms with Gasteiger partial charge in [0.25, 0.3) is 5.79 Å². The third-order valence-electron chi connectivity index (χ3n) is 3.85. The Morgan fingerprint density at radius 1 is 1.21 bits per heavy atom. The van der Waals surface area contributed by atoms with Gasteiger partial charge in [-0.1, -0.05) is 15.9 Å². The van der Waals surface area contributed by atoms with Crippen molar-refractivity contribution in [3.8, 4) is 0 Å². The molecule has 0 aliphatic carbocycles. The summed E-state index contributed by atoms with van der Waals surface area (Å²) in [6.07, 6.45) is 2.02. The Kier molecular flexibility index (Phi) is 2.69. The maximum absolute atomic E-state index is 6.06. The number of rotatable bonds is 0. The number of hydrogen-bond donors (Lipinski definition) is 0. The average Bonchev–Trinajstić information content (AvgIpc) is 2.71. The highest BCUT2D eigenvalue weighted by Gasteiger charge is 2.53. The molecular formula is C14H15BrN2O2. The molecule has 3 heterocycles. The third-order valence-corrected chi connectivity index (χ3v) is 4.35. The Morgan fingerprint density at radius 3 is 2.89 bits per heavy atom. The van der Waals surface area contributed by atoms with Crippen LogP contribution in [0.3, 0.4) is 0 Å². The lowest BCUT2D eigenvalue weighted by Gasteiger charge is -2.36. The topological polar surface area (TPSA) is 34.1 Å². The molecule has 0 bridgehead atoms. The first-order valence-electron chi connectivity index (χ1n) is 6.72. The van der Waals surface area contributed by atoms with Gasteiger partial charge in [0.05, 0.1) is 18.9 Å². The van der Waals surface area contributed by atoms with Crippen LogP contribution in [0.1, 0.15) is 18.4 Å². The van der Waals surface area contributed by atoms with Gasteiger partial charge in [-0.2, -0.15) is 0 Å². The summed E-state index contributed by atoms with van der Waals surface area (Å²) in [6.45, 7) is 3.29. The SMILES string of the molecule is Brc1ccc2c(c1)C1(OCCCO1)C1=NCCCN12. The summed E-state index contributed by atoms with van der Waals surface area (Å²) >= 11 is 3.54. The van der Waals surface area contributed by atoms with Crippen LogP contribution in [0.25, 0.3) is 0 Å². The predicted molar refractivity (Wildman–Crippen MR) is 76.6 cm³/mol. The van der Waals surface area contributed by atoms with Crippen LogP contribution in [-0.4, -0.2) is 32.1 Å². The molecule has 0 amide bonds. The van der Waals surface area contributed by atoms with E-state index in [1.807, 2.05) is 0 Å². The maximum atomic E-state index is 6.06. The highest BCUT2D eigenvalue weighted by Crippen LogP contribution is 2.47. The third kappa shape index (κ3) is 1.61. The molecule has 3 aliphatic heterocycles. The van der Waals surface area contributed by atoms with E-state index in [2.05, 4.69) is 39.0 Å². The number of ether oxygens (including phenoxy) is 2. The molecule has 4 nitrogen and oxygen atoms in total. The van der Waals surface area contributed by atoms with Gasteiger partial charge in [-0.05, 0) is 31.0 Å². The highest BCUT2D eigenvalue weighted by atomic mass is 79.9. The number of halogens is 1. The van der Waals surface area contributed by atoms with Crippen LogP contribution in [0.2, 0.25) is 0 Å². The molecule has 0 atom stereocenters. The first-order valence-corrected chi connectivity index (χ1v) is 7.51. The van der Waals surface area contributed by atoms with Crippen LogP contribution in [0.5, 0.6) is 0 Å². The highest BCUT2D eigenvalue weighted by molar-refractivity contribution is 9.10. The van der Waals surface area contributed by atoms with E-state index in [1.54, 1.807) is 0 Å². The zero-order valence-electron chi connectivity index (χ0n) is 10.6. The molecule has 1 aromatic rings. The summed E-state index contributed by atoms with van der Waals surface area (Å²) in [7, 11) is 0. The fourth-order valence-corrected chi connectivity index (χ4v) is 3.43. The smallest absolute Gasteiger partial charge is 0.257 e. The first-order chi connectivity index (χ1) is 9.31. The van der Waals surface area contributed by atoms with E-state index in [-0.39, 0.29) is 0 Å². The van der Waals surface area contributed by atoms with E-state index in [1.165, 1.54) is 5.69 Å². The van der Waals surface area contributed by atoms with E-state index in [0.29, 0.717) is 0 Å². The molecule has 19 heavy (non-hydrogen) atoms. The number of aliphatic imine (C=N–C) groups is 1. The number of fused-ring (bicyclic) bond motifs is 5. The number of nitrogens with zero attached hydrogens (tertiary/aromatic N) is 2. The van der Waals surface area contributed by atoms with Crippen LogP contribution in [0.15, 0.2) is 27.7 Å². The zero-order chi connectivity index (χ0) is 12.9. The molecule has 0 aromatic heterocycles. The van der Waals surface area contributed by atoms with Gasteiger partial charge in [-0.25, -0.2) is 0 Å². The van der Waals surface area contributed by atoms with Crippen molar-refractivity contribution in [2.75, 3.05) is 31.2 Å². The Morgan fingerprint density at radius 2 is 2.05 bits per heavy atom. The van der Waals surface area contributed by atoms with E-state index in [0.717, 1.165) is 55.0 Å². The summed E-state index contributed by atoms with van der Waals surface area (Å²) in [6, 6.07) is 6.28. The van der Waals surface area contributed by atoms with E-state index in [4.69, 9.17) is 14.5 Å². The Labute approximate surface area is 120 Å². The molecule has 3 aliphatic rings. The van der Waals surface area contributed by atoms with Gasteiger partial charge < -0.3 is 14.4 Å². The van der Waals surface area contributed by atoms with Crippen LogP contribution >= 0.6 is 15.9 Å². The molecule has 0 N–H and O–H groups in total. The van der Waals surface area contributed by atoms with Crippen molar-refractivity contribution >= 4 is 27.5 Å². The molecule has 5 heteroatoms. The summed E-state index contributed by atoms with van der Waals surface area (Å²) in [5.41, 5.74) is 2.26. The lowest BCUT2D eigenvalue weighted by molar-refractivity contribution is -0.228. The number of hydrogen-bond acceptors (Lipinski definition) is 4. The zero-order valence-corrected chi connectivity index (χ0v) is 12.1. The molecular weight excluding hydrogens is 308 g/mol. The van der Waals surface area contributed by atoms with Crippen molar-refractivity contribution < 1.29 is 9.47 Å². The minimum Gasteiger partial charge on any atom is -0.340 e. The van der Waals surface area contributed by atoms with Crippen molar-refractivity contribution in [3.63, 3.8) is 0 Å². The lowest BCUT2D eigenvalue weighted by Crippen LogP contribution is -2.49. The first kappa shape index (κ1) is 11.9. The van der Waals surface area contributed by atoms with Crippen LogP contribution < -0.4 is 4.90 Å². The molecule has 1 fully saturated rings. The number of anilines is 1. The van der Waals surface area contributed by atoms with Gasteiger partial charge in [0, 0.05) is 23.1 Å². The fourth-order valence-electron chi connectivity index (χ4n) is 3.07. The maximum Gasteiger partial charge on any atom is 0.257 e. The average molecular weight is 323 g/mol. The molecule has 1 aromatic carbocycles. The minimum absolute atomic E-state index is 0.721. The van der Waals surface area contributed by atoms with Gasteiger partial charge in [0.2, 0.25) is 0 Å². The second-order valence-electron chi connectivity index (χ2n) is 5.04. The lowest BCUT2D eigenvalue weighted by atomic mass is 10.1. The van der Waals surface area contributed by atoms with Crippen LogP contribution in [-0.2, 0) is 15.3 Å².